The van der Waals surface area contributed by atoms with Crippen molar-refractivity contribution in [3.63, 3.8) is 0 Å². The SMILES string of the molecule is Nc1c(C(=O)NCc2ncon2)sc2cccc(Cl)c12. The second-order valence-electron chi connectivity index (χ2n) is 3.99. The summed E-state index contributed by atoms with van der Waals surface area (Å²) >= 11 is 7.40. The molecule has 0 bridgehead atoms. The van der Waals surface area contributed by atoms with Crippen LogP contribution in [0, 0.1) is 0 Å². The number of fused-ring (bicyclic) bond motifs is 1. The summed E-state index contributed by atoms with van der Waals surface area (Å²) in [5, 5.41) is 7.54. The van der Waals surface area contributed by atoms with Crippen molar-refractivity contribution in [3.8, 4) is 0 Å². The minimum atomic E-state index is -0.287. The molecular weight excluding hydrogens is 300 g/mol. The number of anilines is 1. The van der Waals surface area contributed by atoms with Gasteiger partial charge in [0.25, 0.3) is 5.91 Å². The van der Waals surface area contributed by atoms with Crippen LogP contribution in [0.3, 0.4) is 0 Å². The number of carbonyl (C=O) groups is 1. The summed E-state index contributed by atoms with van der Waals surface area (Å²) in [5.41, 5.74) is 6.40. The zero-order valence-corrected chi connectivity index (χ0v) is 11.7. The van der Waals surface area contributed by atoms with Gasteiger partial charge in [-0.1, -0.05) is 22.8 Å². The Hall–Kier alpha value is -2.12. The van der Waals surface area contributed by atoms with Gasteiger partial charge in [-0.2, -0.15) is 4.98 Å². The molecule has 8 heteroatoms. The molecule has 1 amide bonds. The van der Waals surface area contributed by atoms with Crippen molar-refractivity contribution in [2.24, 2.45) is 0 Å². The van der Waals surface area contributed by atoms with Gasteiger partial charge in [0.1, 0.15) is 4.88 Å². The summed E-state index contributed by atoms with van der Waals surface area (Å²) in [5.74, 6) is 0.112. The molecular formula is C12H9ClN4O2S. The normalized spacial score (nSPS) is 10.8. The van der Waals surface area contributed by atoms with Gasteiger partial charge >= 0.3 is 0 Å². The molecule has 6 nitrogen and oxygen atoms in total. The van der Waals surface area contributed by atoms with Gasteiger partial charge in [0.05, 0.1) is 17.3 Å². The minimum Gasteiger partial charge on any atom is -0.397 e. The second-order valence-corrected chi connectivity index (χ2v) is 5.45. The molecule has 0 spiro atoms. The molecule has 0 aliphatic carbocycles. The Morgan fingerprint density at radius 1 is 1.50 bits per heavy atom. The number of halogens is 1. The van der Waals surface area contributed by atoms with E-state index in [1.165, 1.54) is 17.7 Å². The summed E-state index contributed by atoms with van der Waals surface area (Å²) in [4.78, 5) is 16.4. The topological polar surface area (TPSA) is 94.0 Å². The summed E-state index contributed by atoms with van der Waals surface area (Å²) < 4.78 is 5.46. The van der Waals surface area contributed by atoms with Crippen LogP contribution in [0.15, 0.2) is 29.1 Å². The molecule has 3 aromatic rings. The second kappa shape index (κ2) is 5.10. The largest absolute Gasteiger partial charge is 0.397 e. The van der Waals surface area contributed by atoms with Crippen LogP contribution in [0.4, 0.5) is 5.69 Å². The van der Waals surface area contributed by atoms with E-state index in [2.05, 4.69) is 20.0 Å². The van der Waals surface area contributed by atoms with Gasteiger partial charge in [-0.3, -0.25) is 4.79 Å². The van der Waals surface area contributed by atoms with Gasteiger partial charge in [-0.25, -0.2) is 0 Å². The maximum absolute atomic E-state index is 12.1. The van der Waals surface area contributed by atoms with Crippen molar-refractivity contribution in [3.05, 3.63) is 40.3 Å². The third-order valence-electron chi connectivity index (χ3n) is 2.72. The molecule has 0 radical (unpaired) electrons. The molecule has 0 fully saturated rings. The number of benzene rings is 1. The van der Waals surface area contributed by atoms with Crippen LogP contribution >= 0.6 is 22.9 Å². The van der Waals surface area contributed by atoms with Gasteiger partial charge in [-0.15, -0.1) is 11.3 Å². The molecule has 0 aliphatic heterocycles. The van der Waals surface area contributed by atoms with Crippen molar-refractivity contribution >= 4 is 44.6 Å². The van der Waals surface area contributed by atoms with Crippen LogP contribution in [0.5, 0.6) is 0 Å². The van der Waals surface area contributed by atoms with E-state index in [-0.39, 0.29) is 12.5 Å². The first-order valence-electron chi connectivity index (χ1n) is 5.66. The van der Waals surface area contributed by atoms with Gasteiger partial charge < -0.3 is 15.6 Å². The molecule has 20 heavy (non-hydrogen) atoms. The van der Waals surface area contributed by atoms with E-state index in [1.807, 2.05) is 12.1 Å². The third-order valence-corrected chi connectivity index (χ3v) is 4.21. The minimum absolute atomic E-state index is 0.177. The Morgan fingerprint density at radius 3 is 3.05 bits per heavy atom. The van der Waals surface area contributed by atoms with E-state index in [1.54, 1.807) is 6.07 Å². The number of nitrogens with one attached hydrogen (secondary N) is 1. The average molecular weight is 309 g/mol. The van der Waals surface area contributed by atoms with Gasteiger partial charge in [0.2, 0.25) is 6.39 Å². The number of nitrogens with two attached hydrogens (primary N) is 1. The first-order valence-corrected chi connectivity index (χ1v) is 6.86. The first-order chi connectivity index (χ1) is 9.66. The number of rotatable bonds is 3. The predicted octanol–water partition coefficient (Wildman–Crippen LogP) is 2.45. The Morgan fingerprint density at radius 2 is 2.35 bits per heavy atom. The van der Waals surface area contributed by atoms with Gasteiger partial charge in [-0.05, 0) is 12.1 Å². The maximum Gasteiger partial charge on any atom is 0.263 e. The highest BCUT2D eigenvalue weighted by molar-refractivity contribution is 7.21. The maximum atomic E-state index is 12.1. The van der Waals surface area contributed by atoms with Crippen LogP contribution in [0.2, 0.25) is 5.02 Å². The molecule has 3 N–H and O–H groups in total. The number of hydrogen-bond acceptors (Lipinski definition) is 6. The average Bonchev–Trinajstić information content (AvgIpc) is 3.05. The molecule has 3 rings (SSSR count). The molecule has 0 aliphatic rings. The van der Waals surface area contributed by atoms with Crippen LogP contribution < -0.4 is 11.1 Å². The molecule has 2 aromatic heterocycles. The summed E-state index contributed by atoms with van der Waals surface area (Å²) in [7, 11) is 0. The quantitative estimate of drug-likeness (QED) is 0.775. The highest BCUT2D eigenvalue weighted by atomic mass is 35.5. The van der Waals surface area contributed by atoms with E-state index in [9.17, 15) is 4.79 Å². The van der Waals surface area contributed by atoms with Crippen molar-refractivity contribution in [2.75, 3.05) is 5.73 Å². The van der Waals surface area contributed by atoms with Crippen LogP contribution in [0.25, 0.3) is 10.1 Å². The highest BCUT2D eigenvalue weighted by Crippen LogP contribution is 2.37. The van der Waals surface area contributed by atoms with Crippen LogP contribution in [-0.4, -0.2) is 16.0 Å². The molecule has 0 unspecified atom stereocenters. The van der Waals surface area contributed by atoms with E-state index >= 15 is 0 Å². The monoisotopic (exact) mass is 308 g/mol. The lowest BCUT2D eigenvalue weighted by Crippen LogP contribution is -2.23. The summed E-state index contributed by atoms with van der Waals surface area (Å²) in [6, 6.07) is 5.44. The molecule has 0 atom stereocenters. The fraction of sp³-hybridized carbons (Fsp3) is 0.0833. The van der Waals surface area contributed by atoms with Gasteiger partial charge in [0, 0.05) is 10.1 Å². The van der Waals surface area contributed by atoms with Crippen molar-refractivity contribution in [1.29, 1.82) is 0 Å². The fourth-order valence-electron chi connectivity index (χ4n) is 1.81. The van der Waals surface area contributed by atoms with Crippen LogP contribution in [-0.2, 0) is 6.54 Å². The lowest BCUT2D eigenvalue weighted by Gasteiger charge is -2.01. The lowest BCUT2D eigenvalue weighted by atomic mass is 10.2. The highest BCUT2D eigenvalue weighted by Gasteiger charge is 2.18. The van der Waals surface area contributed by atoms with Gasteiger partial charge in [0.15, 0.2) is 5.82 Å². The predicted molar refractivity (Wildman–Crippen MR) is 76.7 cm³/mol. The summed E-state index contributed by atoms with van der Waals surface area (Å²) in [6.07, 6.45) is 1.20. The van der Waals surface area contributed by atoms with Crippen LogP contribution in [0.1, 0.15) is 15.5 Å². The number of nitrogen functional groups attached to an aromatic ring is 1. The zero-order chi connectivity index (χ0) is 14.1. The molecule has 102 valence electrons. The van der Waals surface area contributed by atoms with E-state index in [0.29, 0.717) is 26.8 Å². The Balaban J connectivity index is 1.88. The fourth-order valence-corrected chi connectivity index (χ4v) is 3.21. The van der Waals surface area contributed by atoms with Crippen molar-refractivity contribution in [1.82, 2.24) is 15.5 Å². The van der Waals surface area contributed by atoms with Crippen molar-refractivity contribution < 1.29 is 9.32 Å². The molecule has 0 saturated heterocycles. The van der Waals surface area contributed by atoms with E-state index in [0.717, 1.165) is 4.70 Å². The first kappa shape index (κ1) is 12.9. The molecule has 0 saturated carbocycles. The number of nitrogens with zero attached hydrogens (tertiary/aromatic N) is 2. The Labute approximate surface area is 122 Å². The number of thiophene rings is 1. The smallest absolute Gasteiger partial charge is 0.263 e. The summed E-state index contributed by atoms with van der Waals surface area (Å²) in [6.45, 7) is 0.177. The number of hydrogen-bond donors (Lipinski definition) is 2. The zero-order valence-electron chi connectivity index (χ0n) is 10.1. The number of amides is 1. The molecule has 1 aromatic carbocycles. The lowest BCUT2D eigenvalue weighted by molar-refractivity contribution is 0.0954. The Kier molecular flexibility index (Phi) is 3.29. The molecule has 2 heterocycles. The third kappa shape index (κ3) is 2.21. The van der Waals surface area contributed by atoms with Crippen molar-refractivity contribution in [2.45, 2.75) is 6.54 Å². The van der Waals surface area contributed by atoms with E-state index in [4.69, 9.17) is 17.3 Å². The number of aromatic nitrogens is 2. The number of carbonyl (C=O) groups excluding carboxylic acids is 1. The standard InChI is InChI=1S/C12H9ClN4O2S/c13-6-2-1-3-7-9(6)10(14)11(20-7)12(18)15-4-8-16-5-19-17-8/h1-3,5H,4,14H2,(H,15,18). The van der Waals surface area contributed by atoms with E-state index < -0.39 is 0 Å². The Bertz CT molecular complexity index is 769.